The number of benzene rings is 2. The van der Waals surface area contributed by atoms with Gasteiger partial charge in [0.05, 0.1) is 18.5 Å². The number of H-pyrrole nitrogens is 1. The summed E-state index contributed by atoms with van der Waals surface area (Å²) in [5, 5.41) is 12.7. The molecule has 0 fully saturated rings. The molecule has 1 amide bonds. The van der Waals surface area contributed by atoms with Crippen LogP contribution < -0.4 is 10.1 Å². The number of aromatic nitrogens is 4. The number of carbonyl (C=O) groups excluding carboxylic acids is 1. The summed E-state index contributed by atoms with van der Waals surface area (Å²) >= 11 is 0. The molecule has 0 aliphatic carbocycles. The SMILES string of the molecule is COc1ccc2[nH]cc(CCNC(=O)c3nn(-c4ccccc4)nc3C)c2c1. The van der Waals surface area contributed by atoms with E-state index in [9.17, 15) is 4.79 Å². The fourth-order valence-corrected chi connectivity index (χ4v) is 3.15. The van der Waals surface area contributed by atoms with Gasteiger partial charge in [0.25, 0.3) is 5.91 Å². The fourth-order valence-electron chi connectivity index (χ4n) is 3.15. The smallest absolute Gasteiger partial charge is 0.273 e. The number of amides is 1. The third kappa shape index (κ3) is 3.46. The van der Waals surface area contributed by atoms with Crippen LogP contribution in [-0.2, 0) is 6.42 Å². The van der Waals surface area contributed by atoms with Gasteiger partial charge in [0.1, 0.15) is 5.75 Å². The largest absolute Gasteiger partial charge is 0.497 e. The maximum Gasteiger partial charge on any atom is 0.273 e. The Morgan fingerprint density at radius 3 is 2.79 bits per heavy atom. The Balaban J connectivity index is 1.43. The van der Waals surface area contributed by atoms with Gasteiger partial charge in [-0.05, 0) is 49.2 Å². The van der Waals surface area contributed by atoms with Gasteiger partial charge in [0.2, 0.25) is 0 Å². The molecule has 0 aliphatic rings. The minimum atomic E-state index is -0.225. The second-order valence-electron chi connectivity index (χ2n) is 6.49. The fraction of sp³-hybridized carbons (Fsp3) is 0.190. The number of nitrogens with one attached hydrogen (secondary N) is 2. The van der Waals surface area contributed by atoms with Gasteiger partial charge in [-0.2, -0.15) is 9.90 Å². The number of hydrogen-bond acceptors (Lipinski definition) is 4. The highest BCUT2D eigenvalue weighted by atomic mass is 16.5. The number of aromatic amines is 1. The van der Waals surface area contributed by atoms with Crippen LogP contribution >= 0.6 is 0 Å². The lowest BCUT2D eigenvalue weighted by Crippen LogP contribution is -2.26. The first-order valence-corrected chi connectivity index (χ1v) is 9.07. The summed E-state index contributed by atoms with van der Waals surface area (Å²) in [6.45, 7) is 2.29. The Bertz CT molecular complexity index is 1110. The first kappa shape index (κ1) is 17.8. The Labute approximate surface area is 162 Å². The number of hydrogen-bond donors (Lipinski definition) is 2. The summed E-state index contributed by atoms with van der Waals surface area (Å²) in [5.41, 5.74) is 3.92. The van der Waals surface area contributed by atoms with Gasteiger partial charge < -0.3 is 15.0 Å². The molecule has 0 radical (unpaired) electrons. The van der Waals surface area contributed by atoms with Gasteiger partial charge in [-0.3, -0.25) is 4.79 Å². The van der Waals surface area contributed by atoms with Crippen LogP contribution in [0, 0.1) is 6.92 Å². The molecule has 7 heteroatoms. The van der Waals surface area contributed by atoms with E-state index in [1.54, 1.807) is 14.0 Å². The average Bonchev–Trinajstić information content (AvgIpc) is 3.31. The van der Waals surface area contributed by atoms with Crippen LogP contribution in [0.2, 0.25) is 0 Å². The molecule has 4 rings (SSSR count). The second-order valence-corrected chi connectivity index (χ2v) is 6.49. The zero-order valence-corrected chi connectivity index (χ0v) is 15.8. The van der Waals surface area contributed by atoms with Crippen LogP contribution in [0.1, 0.15) is 21.7 Å². The molecule has 142 valence electrons. The second kappa shape index (κ2) is 7.56. The molecule has 7 nitrogen and oxygen atoms in total. The third-order valence-corrected chi connectivity index (χ3v) is 4.64. The maximum absolute atomic E-state index is 12.5. The van der Waals surface area contributed by atoms with Gasteiger partial charge >= 0.3 is 0 Å². The zero-order valence-electron chi connectivity index (χ0n) is 15.8. The monoisotopic (exact) mass is 375 g/mol. The quantitative estimate of drug-likeness (QED) is 0.542. The number of fused-ring (bicyclic) bond motifs is 1. The van der Waals surface area contributed by atoms with Crippen LogP contribution in [-0.4, -0.2) is 39.5 Å². The number of rotatable bonds is 6. The normalized spacial score (nSPS) is 10.9. The molecule has 0 unspecified atom stereocenters. The van der Waals surface area contributed by atoms with E-state index in [1.807, 2.05) is 54.7 Å². The van der Waals surface area contributed by atoms with E-state index < -0.39 is 0 Å². The lowest BCUT2D eigenvalue weighted by Gasteiger charge is -2.04. The number of ether oxygens (including phenoxy) is 1. The van der Waals surface area contributed by atoms with Crippen LogP contribution in [0.3, 0.4) is 0 Å². The number of carbonyl (C=O) groups is 1. The first-order valence-electron chi connectivity index (χ1n) is 9.07. The Kier molecular flexibility index (Phi) is 4.80. The average molecular weight is 375 g/mol. The van der Waals surface area contributed by atoms with E-state index in [2.05, 4.69) is 20.5 Å². The standard InChI is InChI=1S/C21H21N5O2/c1-14-20(25-26(24-14)16-6-4-3-5-7-16)21(27)22-11-10-15-13-23-19-9-8-17(28-2)12-18(15)19/h3-9,12-13,23H,10-11H2,1-2H3,(H,22,27). The minimum absolute atomic E-state index is 0.225. The molecule has 2 heterocycles. The Morgan fingerprint density at radius 2 is 2.00 bits per heavy atom. The molecule has 2 N–H and O–H groups in total. The summed E-state index contributed by atoms with van der Waals surface area (Å²) < 4.78 is 5.30. The van der Waals surface area contributed by atoms with E-state index >= 15 is 0 Å². The van der Waals surface area contributed by atoms with Crippen LogP contribution in [0.15, 0.2) is 54.7 Å². The number of methoxy groups -OCH3 is 1. The lowest BCUT2D eigenvalue weighted by atomic mass is 10.1. The molecule has 0 saturated carbocycles. The molecule has 28 heavy (non-hydrogen) atoms. The zero-order chi connectivity index (χ0) is 19.5. The van der Waals surface area contributed by atoms with E-state index in [-0.39, 0.29) is 5.91 Å². The van der Waals surface area contributed by atoms with Crippen molar-refractivity contribution < 1.29 is 9.53 Å². The molecule has 0 saturated heterocycles. The molecular formula is C21H21N5O2. The van der Waals surface area contributed by atoms with Crippen LogP contribution in [0.5, 0.6) is 5.75 Å². The molecular weight excluding hydrogens is 354 g/mol. The molecule has 0 aliphatic heterocycles. The number of aryl methyl sites for hydroxylation is 1. The topological polar surface area (TPSA) is 84.8 Å². The van der Waals surface area contributed by atoms with Crippen molar-refractivity contribution in [2.45, 2.75) is 13.3 Å². The first-order chi connectivity index (χ1) is 13.7. The van der Waals surface area contributed by atoms with Crippen molar-refractivity contribution in [2.24, 2.45) is 0 Å². The predicted octanol–water partition coefficient (Wildman–Crippen LogP) is 3.04. The third-order valence-electron chi connectivity index (χ3n) is 4.64. The molecule has 0 atom stereocenters. The van der Waals surface area contributed by atoms with E-state index in [0.29, 0.717) is 24.4 Å². The number of nitrogens with zero attached hydrogens (tertiary/aromatic N) is 3. The van der Waals surface area contributed by atoms with Crippen molar-refractivity contribution in [3.05, 3.63) is 71.7 Å². The predicted molar refractivity (Wildman–Crippen MR) is 107 cm³/mol. The molecule has 0 spiro atoms. The lowest BCUT2D eigenvalue weighted by molar-refractivity contribution is 0.0948. The van der Waals surface area contributed by atoms with Gasteiger partial charge in [0.15, 0.2) is 5.69 Å². The van der Waals surface area contributed by atoms with E-state index in [0.717, 1.165) is 27.9 Å². The van der Waals surface area contributed by atoms with Crippen LogP contribution in [0.25, 0.3) is 16.6 Å². The maximum atomic E-state index is 12.5. The van der Waals surface area contributed by atoms with Crippen molar-refractivity contribution in [2.75, 3.05) is 13.7 Å². The highest BCUT2D eigenvalue weighted by Crippen LogP contribution is 2.23. The van der Waals surface area contributed by atoms with Gasteiger partial charge in [-0.15, -0.1) is 5.10 Å². The Hall–Kier alpha value is -3.61. The summed E-state index contributed by atoms with van der Waals surface area (Å²) in [4.78, 5) is 17.3. The van der Waals surface area contributed by atoms with Crippen molar-refractivity contribution in [1.82, 2.24) is 25.3 Å². The van der Waals surface area contributed by atoms with Crippen molar-refractivity contribution in [1.29, 1.82) is 0 Å². The minimum Gasteiger partial charge on any atom is -0.497 e. The van der Waals surface area contributed by atoms with E-state index in [1.165, 1.54) is 4.80 Å². The van der Waals surface area contributed by atoms with Crippen LogP contribution in [0.4, 0.5) is 0 Å². The van der Waals surface area contributed by atoms with Crippen molar-refractivity contribution in [3.63, 3.8) is 0 Å². The summed E-state index contributed by atoms with van der Waals surface area (Å²) in [5.74, 6) is 0.586. The number of para-hydroxylation sites is 1. The van der Waals surface area contributed by atoms with E-state index in [4.69, 9.17) is 4.74 Å². The summed E-state index contributed by atoms with van der Waals surface area (Å²) in [6.07, 6.45) is 2.66. The highest BCUT2D eigenvalue weighted by Gasteiger charge is 2.16. The van der Waals surface area contributed by atoms with Crippen molar-refractivity contribution in [3.8, 4) is 11.4 Å². The molecule has 2 aromatic carbocycles. The van der Waals surface area contributed by atoms with Gasteiger partial charge in [-0.25, -0.2) is 0 Å². The summed E-state index contributed by atoms with van der Waals surface area (Å²) in [7, 11) is 1.65. The highest BCUT2D eigenvalue weighted by molar-refractivity contribution is 5.93. The van der Waals surface area contributed by atoms with Gasteiger partial charge in [0, 0.05) is 23.6 Å². The molecule has 2 aromatic heterocycles. The Morgan fingerprint density at radius 1 is 1.18 bits per heavy atom. The molecule has 4 aromatic rings. The molecule has 0 bridgehead atoms. The van der Waals surface area contributed by atoms with Crippen molar-refractivity contribution >= 4 is 16.8 Å². The summed E-state index contributed by atoms with van der Waals surface area (Å²) in [6, 6.07) is 15.4. The van der Waals surface area contributed by atoms with Gasteiger partial charge in [-0.1, -0.05) is 18.2 Å².